The monoisotopic (exact) mass is 236 g/mol. The normalized spacial score (nSPS) is 19.1. The van der Waals surface area contributed by atoms with E-state index in [2.05, 4.69) is 0 Å². The third-order valence-electron chi connectivity index (χ3n) is 3.51. The Morgan fingerprint density at radius 2 is 2.18 bits per heavy atom. The maximum absolute atomic E-state index is 11.0. The molecule has 0 atom stereocenters. The Bertz CT molecular complexity index is 496. The van der Waals surface area contributed by atoms with Gasteiger partial charge in [0.05, 0.1) is 4.92 Å². The molecule has 1 aliphatic carbocycles. The first-order valence-corrected chi connectivity index (χ1v) is 5.45. The summed E-state index contributed by atoms with van der Waals surface area (Å²) in [5.74, 6) is 0.681. The van der Waals surface area contributed by atoms with Gasteiger partial charge in [-0.05, 0) is 24.5 Å². The molecule has 1 aromatic rings. The van der Waals surface area contributed by atoms with Gasteiger partial charge in [0.2, 0.25) is 12.5 Å². The van der Waals surface area contributed by atoms with E-state index in [1.807, 2.05) is 6.07 Å². The molecule has 1 saturated carbocycles. The number of nitro groups is 1. The Hall–Kier alpha value is -1.82. The van der Waals surface area contributed by atoms with Gasteiger partial charge in [0.15, 0.2) is 5.75 Å². The number of nitrogens with zero attached hydrogens (tertiary/aromatic N) is 1. The number of fused-ring (bicyclic) bond motifs is 1. The van der Waals surface area contributed by atoms with Crippen molar-refractivity contribution in [3.63, 3.8) is 0 Å². The van der Waals surface area contributed by atoms with Crippen LogP contribution in [0.25, 0.3) is 0 Å². The zero-order valence-electron chi connectivity index (χ0n) is 9.14. The van der Waals surface area contributed by atoms with Crippen LogP contribution in [0.4, 0.5) is 5.69 Å². The highest BCUT2D eigenvalue weighted by Crippen LogP contribution is 2.52. The van der Waals surface area contributed by atoms with Crippen LogP contribution in [0, 0.1) is 10.1 Å². The first-order chi connectivity index (χ1) is 8.16. The fourth-order valence-corrected chi connectivity index (χ4v) is 2.20. The zero-order valence-corrected chi connectivity index (χ0v) is 9.14. The van der Waals surface area contributed by atoms with Crippen molar-refractivity contribution < 1.29 is 14.4 Å². The van der Waals surface area contributed by atoms with Crippen molar-refractivity contribution in [1.82, 2.24) is 0 Å². The van der Waals surface area contributed by atoms with Crippen LogP contribution >= 0.6 is 0 Å². The predicted molar refractivity (Wildman–Crippen MR) is 59.2 cm³/mol. The standard InChI is InChI=1S/C11H12N2O4/c12-5-11(1-2-11)7-3-8(13(14)15)10-9(4-7)16-6-17-10/h3-4H,1-2,5-6,12H2. The molecule has 1 fully saturated rings. The molecule has 0 spiro atoms. The number of ether oxygens (including phenoxy) is 2. The van der Waals surface area contributed by atoms with Crippen LogP contribution in [0.5, 0.6) is 11.5 Å². The molecule has 2 aliphatic rings. The Balaban J connectivity index is 2.13. The van der Waals surface area contributed by atoms with Crippen LogP contribution in [0.3, 0.4) is 0 Å². The average Bonchev–Trinajstić information content (AvgIpc) is 2.98. The van der Waals surface area contributed by atoms with E-state index in [4.69, 9.17) is 15.2 Å². The van der Waals surface area contributed by atoms with E-state index in [9.17, 15) is 10.1 Å². The second kappa shape index (κ2) is 3.33. The summed E-state index contributed by atoms with van der Waals surface area (Å²) in [6, 6.07) is 3.38. The lowest BCUT2D eigenvalue weighted by molar-refractivity contribution is -0.385. The second-order valence-corrected chi connectivity index (χ2v) is 4.47. The van der Waals surface area contributed by atoms with Gasteiger partial charge < -0.3 is 15.2 Å². The molecular formula is C11H12N2O4. The minimum absolute atomic E-state index is 0.0327. The summed E-state index contributed by atoms with van der Waals surface area (Å²) < 4.78 is 10.3. The zero-order chi connectivity index (χ0) is 12.0. The first-order valence-electron chi connectivity index (χ1n) is 5.45. The van der Waals surface area contributed by atoms with Gasteiger partial charge in [-0.15, -0.1) is 0 Å². The van der Waals surface area contributed by atoms with Gasteiger partial charge >= 0.3 is 5.69 Å². The van der Waals surface area contributed by atoms with E-state index in [0.717, 1.165) is 18.4 Å². The average molecular weight is 236 g/mol. The highest BCUT2D eigenvalue weighted by Gasteiger charge is 2.45. The van der Waals surface area contributed by atoms with Gasteiger partial charge in [0.25, 0.3) is 0 Å². The largest absolute Gasteiger partial charge is 0.453 e. The van der Waals surface area contributed by atoms with Crippen LogP contribution in [-0.4, -0.2) is 18.3 Å². The van der Waals surface area contributed by atoms with Crippen LogP contribution < -0.4 is 15.2 Å². The predicted octanol–water partition coefficient (Wildman–Crippen LogP) is 1.31. The van der Waals surface area contributed by atoms with Crippen molar-refractivity contribution >= 4 is 5.69 Å². The molecule has 0 amide bonds. The Labute approximate surface area is 97.5 Å². The molecular weight excluding hydrogens is 224 g/mol. The van der Waals surface area contributed by atoms with Crippen molar-refractivity contribution in [3.8, 4) is 11.5 Å². The third kappa shape index (κ3) is 1.44. The fourth-order valence-electron chi connectivity index (χ4n) is 2.20. The molecule has 0 saturated heterocycles. The van der Waals surface area contributed by atoms with Crippen LogP contribution in [-0.2, 0) is 5.41 Å². The summed E-state index contributed by atoms with van der Waals surface area (Å²) in [4.78, 5) is 10.5. The number of hydrogen-bond acceptors (Lipinski definition) is 5. The van der Waals surface area contributed by atoms with Crippen molar-refractivity contribution in [1.29, 1.82) is 0 Å². The van der Waals surface area contributed by atoms with Gasteiger partial charge in [0, 0.05) is 18.0 Å². The van der Waals surface area contributed by atoms with Gasteiger partial charge in [-0.1, -0.05) is 0 Å². The maximum atomic E-state index is 11.0. The van der Waals surface area contributed by atoms with E-state index in [1.165, 1.54) is 0 Å². The number of nitrogens with two attached hydrogens (primary N) is 1. The van der Waals surface area contributed by atoms with Crippen LogP contribution in [0.2, 0.25) is 0 Å². The molecule has 1 aromatic carbocycles. The van der Waals surface area contributed by atoms with Gasteiger partial charge in [-0.2, -0.15) is 0 Å². The summed E-state index contributed by atoms with van der Waals surface area (Å²) in [5.41, 5.74) is 6.49. The Kier molecular flexibility index (Phi) is 2.03. The fraction of sp³-hybridized carbons (Fsp3) is 0.455. The van der Waals surface area contributed by atoms with Gasteiger partial charge in [-0.3, -0.25) is 10.1 Å². The minimum atomic E-state index is -0.441. The summed E-state index contributed by atoms with van der Waals surface area (Å²) in [6.45, 7) is 0.541. The lowest BCUT2D eigenvalue weighted by atomic mass is 9.95. The summed E-state index contributed by atoms with van der Waals surface area (Å²) >= 11 is 0. The van der Waals surface area contributed by atoms with Crippen LogP contribution in [0.15, 0.2) is 12.1 Å². The quantitative estimate of drug-likeness (QED) is 0.631. The molecule has 0 unspecified atom stereocenters. The van der Waals surface area contributed by atoms with Crippen molar-refractivity contribution in [2.75, 3.05) is 13.3 Å². The minimum Gasteiger partial charge on any atom is -0.453 e. The Morgan fingerprint density at radius 3 is 2.76 bits per heavy atom. The highest BCUT2D eigenvalue weighted by atomic mass is 16.7. The number of nitro benzene ring substituents is 1. The molecule has 3 rings (SSSR count). The molecule has 0 bridgehead atoms. The van der Waals surface area contributed by atoms with E-state index in [1.54, 1.807) is 6.07 Å². The molecule has 0 radical (unpaired) electrons. The Morgan fingerprint density at radius 1 is 1.41 bits per heavy atom. The number of rotatable bonds is 3. The maximum Gasteiger partial charge on any atom is 0.315 e. The molecule has 6 nitrogen and oxygen atoms in total. The lowest BCUT2D eigenvalue weighted by Gasteiger charge is -2.13. The molecule has 0 aromatic heterocycles. The molecule has 17 heavy (non-hydrogen) atoms. The third-order valence-corrected chi connectivity index (χ3v) is 3.51. The number of hydrogen-bond donors (Lipinski definition) is 1. The first kappa shape index (κ1) is 10.3. The highest BCUT2D eigenvalue weighted by molar-refractivity contribution is 5.61. The van der Waals surface area contributed by atoms with Gasteiger partial charge in [-0.25, -0.2) is 0 Å². The molecule has 6 heteroatoms. The summed E-state index contributed by atoms with van der Waals surface area (Å²) in [5, 5.41) is 11.0. The van der Waals surface area contributed by atoms with Gasteiger partial charge in [0.1, 0.15) is 0 Å². The van der Waals surface area contributed by atoms with Crippen molar-refractivity contribution in [3.05, 3.63) is 27.8 Å². The topological polar surface area (TPSA) is 87.6 Å². The second-order valence-electron chi connectivity index (χ2n) is 4.47. The molecule has 1 aliphatic heterocycles. The van der Waals surface area contributed by atoms with E-state index < -0.39 is 4.92 Å². The lowest BCUT2D eigenvalue weighted by Crippen LogP contribution is -2.19. The van der Waals surface area contributed by atoms with E-state index in [0.29, 0.717) is 12.3 Å². The molecule has 2 N–H and O–H groups in total. The smallest absolute Gasteiger partial charge is 0.315 e. The van der Waals surface area contributed by atoms with Crippen LogP contribution in [0.1, 0.15) is 18.4 Å². The summed E-state index contributed by atoms with van der Waals surface area (Å²) in [6.07, 6.45) is 1.95. The van der Waals surface area contributed by atoms with Crippen molar-refractivity contribution in [2.24, 2.45) is 5.73 Å². The molecule has 1 heterocycles. The SMILES string of the molecule is NCC1(c2cc3c(c([N+](=O)[O-])c2)OCO3)CC1. The number of benzene rings is 1. The van der Waals surface area contributed by atoms with E-state index in [-0.39, 0.29) is 23.6 Å². The summed E-state index contributed by atoms with van der Waals surface area (Å²) in [7, 11) is 0. The van der Waals surface area contributed by atoms with E-state index >= 15 is 0 Å². The van der Waals surface area contributed by atoms with Crippen molar-refractivity contribution in [2.45, 2.75) is 18.3 Å². The molecule has 90 valence electrons.